The van der Waals surface area contributed by atoms with Crippen molar-refractivity contribution in [2.24, 2.45) is 5.41 Å². The van der Waals surface area contributed by atoms with Crippen LogP contribution in [0, 0.1) is 5.41 Å². The molecular formula is C19H30O8. The maximum atomic E-state index is 11.3. The summed E-state index contributed by atoms with van der Waals surface area (Å²) in [6, 6.07) is 0. The number of ketones is 1. The lowest BCUT2D eigenvalue weighted by atomic mass is 9.70. The molecule has 0 aromatic carbocycles. The van der Waals surface area contributed by atoms with Crippen LogP contribution in [-0.4, -0.2) is 80.8 Å². The van der Waals surface area contributed by atoms with Gasteiger partial charge >= 0.3 is 0 Å². The molecule has 0 saturated carbocycles. The number of ether oxygens (including phenoxy) is 2. The van der Waals surface area contributed by atoms with E-state index in [1.165, 1.54) is 13.0 Å². The van der Waals surface area contributed by atoms with E-state index in [0.717, 1.165) is 5.57 Å². The van der Waals surface area contributed by atoms with Gasteiger partial charge in [-0.1, -0.05) is 19.9 Å². The molecule has 0 aromatic rings. The van der Waals surface area contributed by atoms with Crippen molar-refractivity contribution < 1.29 is 39.8 Å². The molecule has 1 saturated heterocycles. The van der Waals surface area contributed by atoms with Crippen LogP contribution < -0.4 is 0 Å². The number of rotatable bonds is 5. The lowest BCUT2D eigenvalue weighted by molar-refractivity contribution is -0.318. The Bertz CT molecular complexity index is 609. The third-order valence-corrected chi connectivity index (χ3v) is 5.30. The summed E-state index contributed by atoms with van der Waals surface area (Å²) in [7, 11) is 0. The summed E-state index contributed by atoms with van der Waals surface area (Å²) >= 11 is 0. The van der Waals surface area contributed by atoms with Crippen LogP contribution in [0.2, 0.25) is 0 Å². The predicted octanol–water partition coefficient (Wildman–Crippen LogP) is -0.576. The van der Waals surface area contributed by atoms with Gasteiger partial charge in [-0.2, -0.15) is 0 Å². The van der Waals surface area contributed by atoms with Crippen LogP contribution in [0.1, 0.15) is 34.1 Å². The van der Waals surface area contributed by atoms with E-state index in [0.29, 0.717) is 12.0 Å². The van der Waals surface area contributed by atoms with Crippen LogP contribution in [0.4, 0.5) is 0 Å². The Balaban J connectivity index is 2.22. The van der Waals surface area contributed by atoms with Crippen molar-refractivity contribution in [3.05, 3.63) is 23.3 Å². The van der Waals surface area contributed by atoms with Crippen LogP contribution in [-0.2, 0) is 14.3 Å². The SMILES string of the molecule is CC(=O)C=CC1=C(C)C(O)C(OC2OC(CO)C(O)C(O)C2O)CC1(C)C. The van der Waals surface area contributed by atoms with Gasteiger partial charge in [-0.25, -0.2) is 0 Å². The van der Waals surface area contributed by atoms with E-state index < -0.39 is 54.9 Å². The van der Waals surface area contributed by atoms with Crippen molar-refractivity contribution in [1.82, 2.24) is 0 Å². The Labute approximate surface area is 158 Å². The molecule has 8 heteroatoms. The largest absolute Gasteiger partial charge is 0.394 e. The van der Waals surface area contributed by atoms with Crippen molar-refractivity contribution in [2.45, 2.75) is 77.0 Å². The van der Waals surface area contributed by atoms with Gasteiger partial charge in [0.2, 0.25) is 0 Å². The average Bonchev–Trinajstić information content (AvgIpc) is 2.59. The van der Waals surface area contributed by atoms with Crippen molar-refractivity contribution in [1.29, 1.82) is 0 Å². The van der Waals surface area contributed by atoms with Gasteiger partial charge in [0, 0.05) is 0 Å². The van der Waals surface area contributed by atoms with Crippen molar-refractivity contribution in [3.8, 4) is 0 Å². The highest BCUT2D eigenvalue weighted by atomic mass is 16.7. The van der Waals surface area contributed by atoms with E-state index >= 15 is 0 Å². The monoisotopic (exact) mass is 386 g/mol. The minimum Gasteiger partial charge on any atom is -0.394 e. The van der Waals surface area contributed by atoms with Crippen LogP contribution in [0.5, 0.6) is 0 Å². The molecule has 0 amide bonds. The van der Waals surface area contributed by atoms with Gasteiger partial charge in [0.15, 0.2) is 12.1 Å². The first kappa shape index (κ1) is 22.2. The molecule has 7 atom stereocenters. The first-order valence-electron chi connectivity index (χ1n) is 9.03. The minimum atomic E-state index is -1.54. The Morgan fingerprint density at radius 2 is 1.85 bits per heavy atom. The average molecular weight is 386 g/mol. The number of hydrogen-bond acceptors (Lipinski definition) is 8. The van der Waals surface area contributed by atoms with Crippen LogP contribution in [0.3, 0.4) is 0 Å². The number of aliphatic hydroxyl groups excluding tert-OH is 5. The van der Waals surface area contributed by atoms with Gasteiger partial charge in [0.05, 0.1) is 12.7 Å². The standard InChI is InChI=1S/C19H30O8/c1-9(21)5-6-11-10(2)14(22)12(7-19(11,3)4)26-18-17(25)16(24)15(23)13(8-20)27-18/h5-6,12-18,20,22-25H,7-8H2,1-4H3. The van der Waals surface area contributed by atoms with E-state index in [2.05, 4.69) is 0 Å². The second kappa shape index (κ2) is 8.48. The van der Waals surface area contributed by atoms with Crippen LogP contribution >= 0.6 is 0 Å². The number of hydrogen-bond donors (Lipinski definition) is 5. The third-order valence-electron chi connectivity index (χ3n) is 5.30. The molecule has 0 spiro atoms. The fourth-order valence-corrected chi connectivity index (χ4v) is 3.73. The lowest BCUT2D eigenvalue weighted by Crippen LogP contribution is -2.60. The van der Waals surface area contributed by atoms with Crippen LogP contribution in [0.15, 0.2) is 23.3 Å². The third kappa shape index (κ3) is 4.65. The van der Waals surface area contributed by atoms with Gasteiger partial charge in [-0.05, 0) is 42.9 Å². The second-order valence-corrected chi connectivity index (χ2v) is 7.95. The van der Waals surface area contributed by atoms with Gasteiger partial charge in [0.1, 0.15) is 30.5 Å². The molecule has 2 rings (SSSR count). The molecule has 1 aliphatic heterocycles. The Morgan fingerprint density at radius 3 is 2.41 bits per heavy atom. The molecule has 27 heavy (non-hydrogen) atoms. The molecule has 5 N–H and O–H groups in total. The zero-order chi connectivity index (χ0) is 20.5. The quantitative estimate of drug-likeness (QED) is 0.396. The molecule has 0 bridgehead atoms. The summed E-state index contributed by atoms with van der Waals surface area (Å²) in [5.74, 6) is -0.0970. The van der Waals surface area contributed by atoms with Crippen molar-refractivity contribution in [2.75, 3.05) is 6.61 Å². The summed E-state index contributed by atoms with van der Waals surface area (Å²) in [4.78, 5) is 11.3. The number of carbonyl (C=O) groups is 1. The zero-order valence-electron chi connectivity index (χ0n) is 16.1. The van der Waals surface area contributed by atoms with Gasteiger partial charge < -0.3 is 35.0 Å². The number of allylic oxidation sites excluding steroid dienone is 3. The van der Waals surface area contributed by atoms with E-state index in [9.17, 15) is 30.3 Å². The first-order chi connectivity index (χ1) is 12.5. The highest BCUT2D eigenvalue weighted by Crippen LogP contribution is 2.43. The van der Waals surface area contributed by atoms with Crippen molar-refractivity contribution in [3.63, 3.8) is 0 Å². The molecule has 1 fully saturated rings. The maximum absolute atomic E-state index is 11.3. The summed E-state index contributed by atoms with van der Waals surface area (Å²) in [5.41, 5.74) is 1.05. The fourth-order valence-electron chi connectivity index (χ4n) is 3.73. The van der Waals surface area contributed by atoms with Crippen molar-refractivity contribution >= 4 is 5.78 Å². The molecule has 0 radical (unpaired) electrons. The summed E-state index contributed by atoms with van der Waals surface area (Å²) in [6.07, 6.45) is -5.14. The number of carbonyl (C=O) groups excluding carboxylic acids is 1. The summed E-state index contributed by atoms with van der Waals surface area (Å²) < 4.78 is 11.1. The molecule has 8 nitrogen and oxygen atoms in total. The molecule has 1 aliphatic carbocycles. The highest BCUT2D eigenvalue weighted by Gasteiger charge is 2.47. The number of aliphatic hydroxyl groups is 5. The molecule has 2 aliphatic rings. The van der Waals surface area contributed by atoms with Crippen LogP contribution in [0.25, 0.3) is 0 Å². The molecule has 7 unspecified atom stereocenters. The molecule has 1 heterocycles. The first-order valence-corrected chi connectivity index (χ1v) is 9.03. The normalized spacial score (nSPS) is 39.8. The summed E-state index contributed by atoms with van der Waals surface area (Å²) in [6.45, 7) is 6.54. The topological polar surface area (TPSA) is 137 Å². The van der Waals surface area contributed by atoms with E-state index in [1.807, 2.05) is 13.8 Å². The second-order valence-electron chi connectivity index (χ2n) is 7.95. The molecule has 154 valence electrons. The van der Waals surface area contributed by atoms with E-state index in [4.69, 9.17) is 9.47 Å². The minimum absolute atomic E-state index is 0.0970. The Morgan fingerprint density at radius 1 is 1.22 bits per heavy atom. The zero-order valence-corrected chi connectivity index (χ0v) is 16.1. The Hall–Kier alpha value is -1.13. The van der Waals surface area contributed by atoms with E-state index in [1.54, 1.807) is 13.0 Å². The van der Waals surface area contributed by atoms with Gasteiger partial charge in [0.25, 0.3) is 0 Å². The lowest BCUT2D eigenvalue weighted by Gasteiger charge is -2.45. The molecule has 0 aromatic heterocycles. The highest BCUT2D eigenvalue weighted by molar-refractivity contribution is 5.87. The summed E-state index contributed by atoms with van der Waals surface area (Å²) in [5, 5.41) is 49.8. The molecular weight excluding hydrogens is 356 g/mol. The Kier molecular flexibility index (Phi) is 6.96. The predicted molar refractivity (Wildman–Crippen MR) is 95.6 cm³/mol. The van der Waals surface area contributed by atoms with Gasteiger partial charge in [-0.3, -0.25) is 4.79 Å². The van der Waals surface area contributed by atoms with Gasteiger partial charge in [-0.15, -0.1) is 0 Å². The fraction of sp³-hybridized carbons (Fsp3) is 0.737. The van der Waals surface area contributed by atoms with E-state index in [-0.39, 0.29) is 5.78 Å². The smallest absolute Gasteiger partial charge is 0.187 e. The maximum Gasteiger partial charge on any atom is 0.187 e.